The molecule has 1 saturated carbocycles. The second kappa shape index (κ2) is 7.46. The lowest BCUT2D eigenvalue weighted by atomic mass is 10.1. The molecule has 0 radical (unpaired) electrons. The van der Waals surface area contributed by atoms with Gasteiger partial charge in [-0.2, -0.15) is 0 Å². The van der Waals surface area contributed by atoms with E-state index in [1.54, 1.807) is 0 Å². The number of aryl methyl sites for hydroxylation is 2. The molecule has 0 amide bonds. The molecule has 0 heterocycles. The van der Waals surface area contributed by atoms with E-state index < -0.39 is 5.97 Å². The van der Waals surface area contributed by atoms with Gasteiger partial charge in [0.2, 0.25) is 0 Å². The Kier molecular flexibility index (Phi) is 5.62. The molecule has 1 aliphatic carbocycles. The van der Waals surface area contributed by atoms with Crippen LogP contribution in [0.2, 0.25) is 0 Å². The average molecular weight is 291 g/mol. The zero-order valence-electron chi connectivity index (χ0n) is 13.0. The smallest absolute Gasteiger partial charge is 0.317 e. The summed E-state index contributed by atoms with van der Waals surface area (Å²) < 4.78 is 5.77. The van der Waals surface area contributed by atoms with Crippen LogP contribution in [0.5, 0.6) is 5.75 Å². The molecule has 1 N–H and O–H groups in total. The number of hydrogen-bond donors (Lipinski definition) is 1. The summed E-state index contributed by atoms with van der Waals surface area (Å²) in [5, 5.41) is 8.94. The van der Waals surface area contributed by atoms with Crippen molar-refractivity contribution >= 4 is 5.97 Å². The molecule has 4 nitrogen and oxygen atoms in total. The molecule has 1 aliphatic rings. The van der Waals surface area contributed by atoms with Crippen molar-refractivity contribution in [2.75, 3.05) is 26.2 Å². The van der Waals surface area contributed by atoms with Crippen molar-refractivity contribution in [1.29, 1.82) is 0 Å². The Morgan fingerprint density at radius 1 is 1.29 bits per heavy atom. The van der Waals surface area contributed by atoms with Gasteiger partial charge in [-0.25, -0.2) is 0 Å². The molecule has 0 atom stereocenters. The van der Waals surface area contributed by atoms with Crippen molar-refractivity contribution in [1.82, 2.24) is 4.90 Å². The number of rotatable bonds is 9. The third-order valence-corrected chi connectivity index (χ3v) is 3.65. The Labute approximate surface area is 126 Å². The van der Waals surface area contributed by atoms with Gasteiger partial charge in [-0.3, -0.25) is 9.69 Å². The SMILES string of the molecule is Cc1cc(C)cc(OCCCN(CC(=O)O)CC2CC2)c1. The summed E-state index contributed by atoms with van der Waals surface area (Å²) in [5.41, 5.74) is 2.40. The number of carbonyl (C=O) groups is 1. The molecule has 1 fully saturated rings. The van der Waals surface area contributed by atoms with Crippen molar-refractivity contribution in [2.45, 2.75) is 33.1 Å². The van der Waals surface area contributed by atoms with Gasteiger partial charge >= 0.3 is 5.97 Å². The van der Waals surface area contributed by atoms with Crippen molar-refractivity contribution < 1.29 is 14.6 Å². The topological polar surface area (TPSA) is 49.8 Å². The minimum absolute atomic E-state index is 0.139. The third kappa shape index (κ3) is 6.17. The maximum Gasteiger partial charge on any atom is 0.317 e. The summed E-state index contributed by atoms with van der Waals surface area (Å²) in [6.07, 6.45) is 3.34. The Balaban J connectivity index is 1.72. The number of nitrogens with zero attached hydrogens (tertiary/aromatic N) is 1. The van der Waals surface area contributed by atoms with E-state index in [2.05, 4.69) is 19.9 Å². The van der Waals surface area contributed by atoms with Crippen molar-refractivity contribution in [3.8, 4) is 5.75 Å². The maximum atomic E-state index is 10.9. The van der Waals surface area contributed by atoms with Crippen LogP contribution < -0.4 is 4.74 Å². The number of carboxylic acid groups (broad SMARTS) is 1. The number of ether oxygens (including phenoxy) is 1. The van der Waals surface area contributed by atoms with Crippen LogP contribution in [0.4, 0.5) is 0 Å². The molecule has 0 aromatic heterocycles. The highest BCUT2D eigenvalue weighted by molar-refractivity contribution is 5.69. The maximum absolute atomic E-state index is 10.9. The largest absolute Gasteiger partial charge is 0.494 e. The number of aliphatic carboxylic acids is 1. The normalized spacial score (nSPS) is 14.4. The molecule has 0 unspecified atom stereocenters. The Hall–Kier alpha value is -1.55. The van der Waals surface area contributed by atoms with Gasteiger partial charge in [0.05, 0.1) is 13.2 Å². The summed E-state index contributed by atoms with van der Waals surface area (Å²) in [7, 11) is 0. The van der Waals surface area contributed by atoms with Gasteiger partial charge < -0.3 is 9.84 Å². The zero-order valence-corrected chi connectivity index (χ0v) is 13.0. The molecule has 0 aliphatic heterocycles. The summed E-state index contributed by atoms with van der Waals surface area (Å²) in [6, 6.07) is 6.19. The fourth-order valence-electron chi connectivity index (χ4n) is 2.59. The van der Waals surface area contributed by atoms with Crippen molar-refractivity contribution in [2.24, 2.45) is 5.92 Å². The van der Waals surface area contributed by atoms with Crippen LogP contribution in [0, 0.1) is 19.8 Å². The summed E-state index contributed by atoms with van der Waals surface area (Å²) >= 11 is 0. The summed E-state index contributed by atoms with van der Waals surface area (Å²) in [4.78, 5) is 12.9. The van der Waals surface area contributed by atoms with Crippen LogP contribution in [-0.2, 0) is 4.79 Å². The van der Waals surface area contributed by atoms with Gasteiger partial charge in [-0.15, -0.1) is 0 Å². The lowest BCUT2D eigenvalue weighted by Crippen LogP contribution is -2.33. The minimum Gasteiger partial charge on any atom is -0.494 e. The van der Waals surface area contributed by atoms with E-state index in [-0.39, 0.29) is 6.54 Å². The van der Waals surface area contributed by atoms with E-state index in [0.717, 1.165) is 25.3 Å². The molecule has 0 bridgehead atoms. The summed E-state index contributed by atoms with van der Waals surface area (Å²) in [6.45, 7) is 6.58. The Morgan fingerprint density at radius 3 is 2.52 bits per heavy atom. The second-order valence-corrected chi connectivity index (χ2v) is 6.10. The fourth-order valence-corrected chi connectivity index (χ4v) is 2.59. The predicted octanol–water partition coefficient (Wildman–Crippen LogP) is 2.87. The van der Waals surface area contributed by atoms with Gasteiger partial charge in [-0.1, -0.05) is 6.07 Å². The molecule has 116 valence electrons. The number of carboxylic acids is 1. The van der Waals surface area contributed by atoms with E-state index in [1.165, 1.54) is 24.0 Å². The molecule has 0 spiro atoms. The number of hydrogen-bond acceptors (Lipinski definition) is 3. The molecule has 4 heteroatoms. The Morgan fingerprint density at radius 2 is 1.95 bits per heavy atom. The van der Waals surface area contributed by atoms with Gasteiger partial charge in [0, 0.05) is 13.1 Å². The first-order valence-corrected chi connectivity index (χ1v) is 7.68. The van der Waals surface area contributed by atoms with E-state index in [9.17, 15) is 4.79 Å². The summed E-state index contributed by atoms with van der Waals surface area (Å²) in [5.74, 6) is 0.870. The molecular formula is C17H25NO3. The van der Waals surface area contributed by atoms with E-state index in [4.69, 9.17) is 9.84 Å². The molecule has 1 aromatic carbocycles. The van der Waals surface area contributed by atoms with Crippen LogP contribution in [0.3, 0.4) is 0 Å². The lowest BCUT2D eigenvalue weighted by molar-refractivity contribution is -0.138. The molecule has 0 saturated heterocycles. The minimum atomic E-state index is -0.745. The zero-order chi connectivity index (χ0) is 15.2. The first kappa shape index (κ1) is 15.8. The van der Waals surface area contributed by atoms with Gasteiger partial charge in [0.1, 0.15) is 5.75 Å². The van der Waals surface area contributed by atoms with Gasteiger partial charge in [-0.05, 0) is 62.3 Å². The molecular weight excluding hydrogens is 266 g/mol. The van der Waals surface area contributed by atoms with Crippen molar-refractivity contribution in [3.63, 3.8) is 0 Å². The van der Waals surface area contributed by atoms with Crippen LogP contribution in [0.1, 0.15) is 30.4 Å². The van der Waals surface area contributed by atoms with Crippen LogP contribution in [-0.4, -0.2) is 42.2 Å². The highest BCUT2D eigenvalue weighted by atomic mass is 16.5. The van der Waals surface area contributed by atoms with Crippen LogP contribution in [0.25, 0.3) is 0 Å². The second-order valence-electron chi connectivity index (χ2n) is 6.10. The standard InChI is InChI=1S/C17H25NO3/c1-13-8-14(2)10-16(9-13)21-7-3-6-18(12-17(19)20)11-15-4-5-15/h8-10,15H,3-7,11-12H2,1-2H3,(H,19,20). The number of benzene rings is 1. The fraction of sp³-hybridized carbons (Fsp3) is 0.588. The molecule has 21 heavy (non-hydrogen) atoms. The third-order valence-electron chi connectivity index (χ3n) is 3.65. The first-order chi connectivity index (χ1) is 10.0. The quantitative estimate of drug-likeness (QED) is 0.711. The predicted molar refractivity (Wildman–Crippen MR) is 82.8 cm³/mol. The lowest BCUT2D eigenvalue weighted by Gasteiger charge is -2.20. The average Bonchev–Trinajstić information content (AvgIpc) is 3.16. The van der Waals surface area contributed by atoms with E-state index >= 15 is 0 Å². The van der Waals surface area contributed by atoms with E-state index in [0.29, 0.717) is 12.5 Å². The van der Waals surface area contributed by atoms with E-state index in [1.807, 2.05) is 17.0 Å². The molecule has 2 rings (SSSR count). The van der Waals surface area contributed by atoms with Crippen LogP contribution in [0.15, 0.2) is 18.2 Å². The highest BCUT2D eigenvalue weighted by Crippen LogP contribution is 2.29. The van der Waals surface area contributed by atoms with Crippen molar-refractivity contribution in [3.05, 3.63) is 29.3 Å². The molecule has 1 aromatic rings. The Bertz CT molecular complexity index is 463. The van der Waals surface area contributed by atoms with Crippen LogP contribution >= 0.6 is 0 Å². The first-order valence-electron chi connectivity index (χ1n) is 7.68. The van der Waals surface area contributed by atoms with Gasteiger partial charge in [0.25, 0.3) is 0 Å². The monoisotopic (exact) mass is 291 g/mol. The van der Waals surface area contributed by atoms with Gasteiger partial charge in [0.15, 0.2) is 0 Å². The highest BCUT2D eigenvalue weighted by Gasteiger charge is 2.24.